The maximum Gasteiger partial charge on any atom is 0.219 e. The van der Waals surface area contributed by atoms with Gasteiger partial charge in [-0.15, -0.1) is 0 Å². The summed E-state index contributed by atoms with van der Waals surface area (Å²) in [7, 11) is 0. The van der Waals surface area contributed by atoms with Gasteiger partial charge in [0.1, 0.15) is 10.8 Å². The molecule has 1 heterocycles. The first-order valence-electron chi connectivity index (χ1n) is 5.00. The summed E-state index contributed by atoms with van der Waals surface area (Å²) < 4.78 is 5.49. The standard InChI is InChI=1S/C12H8Cl3NO2/c13-7-4-5-11(16-9(7)6-17)18-10-3-1-2-8(14)12(10)15/h1-5,17H,6H2. The fraction of sp³-hybridized carbons (Fsp3) is 0.0833. The van der Waals surface area contributed by atoms with Crippen molar-refractivity contribution >= 4 is 34.8 Å². The van der Waals surface area contributed by atoms with E-state index in [0.717, 1.165) is 0 Å². The third-order valence-electron chi connectivity index (χ3n) is 2.17. The van der Waals surface area contributed by atoms with Gasteiger partial charge in [0.05, 0.1) is 22.3 Å². The number of hydrogen-bond acceptors (Lipinski definition) is 3. The second kappa shape index (κ2) is 5.76. The third-order valence-corrected chi connectivity index (χ3v) is 3.32. The van der Waals surface area contributed by atoms with Crippen LogP contribution in [0, 0.1) is 0 Å². The Kier molecular flexibility index (Phi) is 4.30. The maximum absolute atomic E-state index is 9.06. The van der Waals surface area contributed by atoms with Gasteiger partial charge < -0.3 is 9.84 Å². The quantitative estimate of drug-likeness (QED) is 0.918. The van der Waals surface area contributed by atoms with Crippen LogP contribution in [0.15, 0.2) is 30.3 Å². The van der Waals surface area contributed by atoms with Gasteiger partial charge in [0.15, 0.2) is 0 Å². The molecule has 0 bridgehead atoms. The summed E-state index contributed by atoms with van der Waals surface area (Å²) in [6, 6.07) is 8.22. The van der Waals surface area contributed by atoms with Crippen molar-refractivity contribution in [1.29, 1.82) is 0 Å². The van der Waals surface area contributed by atoms with E-state index in [0.29, 0.717) is 26.5 Å². The van der Waals surface area contributed by atoms with Gasteiger partial charge in [-0.2, -0.15) is 0 Å². The second-order valence-electron chi connectivity index (χ2n) is 3.39. The minimum atomic E-state index is -0.265. The normalized spacial score (nSPS) is 10.4. The Bertz CT molecular complexity index is 575. The zero-order chi connectivity index (χ0) is 13.1. The van der Waals surface area contributed by atoms with Crippen molar-refractivity contribution in [2.75, 3.05) is 0 Å². The second-order valence-corrected chi connectivity index (χ2v) is 4.58. The number of rotatable bonds is 3. The number of aliphatic hydroxyl groups excluding tert-OH is 1. The molecule has 0 aliphatic heterocycles. The van der Waals surface area contributed by atoms with Gasteiger partial charge in [0, 0.05) is 6.07 Å². The fourth-order valence-corrected chi connectivity index (χ4v) is 1.80. The first-order valence-corrected chi connectivity index (χ1v) is 6.13. The smallest absolute Gasteiger partial charge is 0.219 e. The van der Waals surface area contributed by atoms with Crippen molar-refractivity contribution in [3.05, 3.63) is 51.1 Å². The summed E-state index contributed by atoms with van der Waals surface area (Å²) in [6.07, 6.45) is 0. The largest absolute Gasteiger partial charge is 0.437 e. The highest BCUT2D eigenvalue weighted by molar-refractivity contribution is 6.42. The molecule has 0 aliphatic carbocycles. The number of benzene rings is 1. The van der Waals surface area contributed by atoms with Gasteiger partial charge >= 0.3 is 0 Å². The lowest BCUT2D eigenvalue weighted by molar-refractivity contribution is 0.275. The molecule has 1 aromatic carbocycles. The molecule has 0 saturated heterocycles. The average Bonchev–Trinajstić information content (AvgIpc) is 2.37. The van der Waals surface area contributed by atoms with Crippen molar-refractivity contribution in [2.45, 2.75) is 6.61 Å². The average molecular weight is 305 g/mol. The van der Waals surface area contributed by atoms with E-state index in [1.807, 2.05) is 0 Å². The Labute approximate surface area is 119 Å². The van der Waals surface area contributed by atoms with Crippen LogP contribution in [0.5, 0.6) is 11.6 Å². The Morgan fingerprint density at radius 1 is 1.06 bits per heavy atom. The predicted octanol–water partition coefficient (Wildman–Crippen LogP) is 4.33. The zero-order valence-corrected chi connectivity index (χ0v) is 11.3. The minimum Gasteiger partial charge on any atom is -0.437 e. The van der Waals surface area contributed by atoms with Crippen LogP contribution in [0.1, 0.15) is 5.69 Å². The summed E-state index contributed by atoms with van der Waals surface area (Å²) >= 11 is 17.7. The van der Waals surface area contributed by atoms with Crippen LogP contribution in [0.3, 0.4) is 0 Å². The summed E-state index contributed by atoms with van der Waals surface area (Å²) in [5, 5.41) is 10.1. The molecule has 0 fully saturated rings. The van der Waals surface area contributed by atoms with Crippen LogP contribution in [0.4, 0.5) is 0 Å². The van der Waals surface area contributed by atoms with E-state index in [2.05, 4.69) is 4.98 Å². The molecular weight excluding hydrogens is 296 g/mol. The topological polar surface area (TPSA) is 42.4 Å². The zero-order valence-electron chi connectivity index (χ0n) is 9.03. The highest BCUT2D eigenvalue weighted by Crippen LogP contribution is 2.34. The molecule has 1 N–H and O–H groups in total. The first-order chi connectivity index (χ1) is 8.61. The molecule has 18 heavy (non-hydrogen) atoms. The predicted molar refractivity (Wildman–Crippen MR) is 71.7 cm³/mol. The van der Waals surface area contributed by atoms with Gasteiger partial charge in [-0.25, -0.2) is 4.98 Å². The fourth-order valence-electron chi connectivity index (χ4n) is 1.31. The summed E-state index contributed by atoms with van der Waals surface area (Å²) in [6.45, 7) is -0.265. The van der Waals surface area contributed by atoms with E-state index < -0.39 is 0 Å². The van der Waals surface area contributed by atoms with Crippen LogP contribution >= 0.6 is 34.8 Å². The lowest BCUT2D eigenvalue weighted by atomic mass is 10.3. The van der Waals surface area contributed by atoms with Crippen molar-refractivity contribution in [2.24, 2.45) is 0 Å². The molecule has 6 heteroatoms. The Hall–Kier alpha value is -1.000. The van der Waals surface area contributed by atoms with Crippen LogP contribution in [0.25, 0.3) is 0 Å². The van der Waals surface area contributed by atoms with E-state index >= 15 is 0 Å². The SMILES string of the molecule is OCc1nc(Oc2cccc(Cl)c2Cl)ccc1Cl. The van der Waals surface area contributed by atoms with E-state index in [4.69, 9.17) is 44.6 Å². The van der Waals surface area contributed by atoms with Crippen molar-refractivity contribution in [1.82, 2.24) is 4.98 Å². The number of hydrogen-bond donors (Lipinski definition) is 1. The molecule has 2 aromatic rings. The molecule has 94 valence electrons. The highest BCUT2D eigenvalue weighted by Gasteiger charge is 2.09. The van der Waals surface area contributed by atoms with Gasteiger partial charge in [0.2, 0.25) is 5.88 Å². The number of aliphatic hydroxyl groups is 1. The van der Waals surface area contributed by atoms with Gasteiger partial charge in [-0.3, -0.25) is 0 Å². The van der Waals surface area contributed by atoms with Crippen molar-refractivity contribution in [3.8, 4) is 11.6 Å². The van der Waals surface area contributed by atoms with Crippen LogP contribution in [-0.4, -0.2) is 10.1 Å². The summed E-state index contributed by atoms with van der Waals surface area (Å²) in [4.78, 5) is 4.05. The molecule has 3 nitrogen and oxygen atoms in total. The Morgan fingerprint density at radius 3 is 2.56 bits per heavy atom. The van der Waals surface area contributed by atoms with Crippen LogP contribution in [0.2, 0.25) is 15.1 Å². The molecule has 0 atom stereocenters. The number of halogens is 3. The molecule has 0 spiro atoms. The lowest BCUT2D eigenvalue weighted by Gasteiger charge is -2.09. The first kappa shape index (κ1) is 13.4. The van der Waals surface area contributed by atoms with Crippen molar-refractivity contribution in [3.63, 3.8) is 0 Å². The number of aromatic nitrogens is 1. The number of pyridine rings is 1. The molecule has 0 saturated carbocycles. The van der Waals surface area contributed by atoms with Crippen LogP contribution < -0.4 is 4.74 Å². The monoisotopic (exact) mass is 303 g/mol. The van der Waals surface area contributed by atoms with Gasteiger partial charge in [-0.1, -0.05) is 40.9 Å². The Balaban J connectivity index is 2.31. The Morgan fingerprint density at radius 2 is 1.83 bits per heavy atom. The lowest BCUT2D eigenvalue weighted by Crippen LogP contribution is -1.94. The molecule has 0 amide bonds. The molecule has 1 aromatic heterocycles. The van der Waals surface area contributed by atoms with Gasteiger partial charge in [0.25, 0.3) is 0 Å². The molecule has 2 rings (SSSR count). The molecule has 0 aliphatic rings. The summed E-state index contributed by atoms with van der Waals surface area (Å²) in [5.74, 6) is 0.676. The molecular formula is C12H8Cl3NO2. The molecule has 0 unspecified atom stereocenters. The van der Waals surface area contributed by atoms with E-state index in [9.17, 15) is 0 Å². The maximum atomic E-state index is 9.06. The van der Waals surface area contributed by atoms with Crippen LogP contribution in [-0.2, 0) is 6.61 Å². The summed E-state index contributed by atoms with van der Waals surface area (Å²) in [5.41, 5.74) is 0.340. The minimum absolute atomic E-state index is 0.265. The van der Waals surface area contributed by atoms with E-state index in [1.54, 1.807) is 30.3 Å². The third kappa shape index (κ3) is 2.87. The van der Waals surface area contributed by atoms with Crippen molar-refractivity contribution < 1.29 is 9.84 Å². The van der Waals surface area contributed by atoms with E-state index in [-0.39, 0.29) is 12.5 Å². The van der Waals surface area contributed by atoms with E-state index in [1.165, 1.54) is 0 Å². The highest BCUT2D eigenvalue weighted by atomic mass is 35.5. The number of nitrogens with zero attached hydrogens (tertiary/aromatic N) is 1. The molecule has 0 radical (unpaired) electrons. The number of ether oxygens (including phenoxy) is 1. The van der Waals surface area contributed by atoms with Gasteiger partial charge in [-0.05, 0) is 18.2 Å².